The molecule has 21 heavy (non-hydrogen) atoms. The molecule has 0 bridgehead atoms. The van der Waals surface area contributed by atoms with Crippen molar-refractivity contribution in [2.45, 2.75) is 32.7 Å². The third-order valence-corrected chi connectivity index (χ3v) is 4.53. The zero-order valence-electron chi connectivity index (χ0n) is 12.9. The van der Waals surface area contributed by atoms with Crippen LogP contribution in [0, 0.1) is 9.49 Å². The molecule has 0 amide bonds. The molecule has 2 aromatic rings. The van der Waals surface area contributed by atoms with Gasteiger partial charge >= 0.3 is 0 Å². The average molecular weight is 393 g/mol. The first-order chi connectivity index (χ1) is 10.2. The van der Waals surface area contributed by atoms with Crippen molar-refractivity contribution in [1.29, 1.82) is 0 Å². The number of benzene rings is 2. The molecule has 0 aromatic heterocycles. The van der Waals surface area contributed by atoms with Gasteiger partial charge in [0.1, 0.15) is 0 Å². The first-order valence-corrected chi connectivity index (χ1v) is 8.81. The van der Waals surface area contributed by atoms with Gasteiger partial charge in [-0.05, 0) is 71.2 Å². The third-order valence-electron chi connectivity index (χ3n) is 3.81. The van der Waals surface area contributed by atoms with Gasteiger partial charge in [-0.25, -0.2) is 0 Å². The van der Waals surface area contributed by atoms with Crippen LogP contribution in [0.25, 0.3) is 0 Å². The van der Waals surface area contributed by atoms with E-state index in [9.17, 15) is 0 Å². The van der Waals surface area contributed by atoms with Gasteiger partial charge in [-0.2, -0.15) is 0 Å². The van der Waals surface area contributed by atoms with E-state index >= 15 is 0 Å². The fraction of sp³-hybridized carbons (Fsp3) is 0.368. The van der Waals surface area contributed by atoms with E-state index in [1.54, 1.807) is 0 Å². The van der Waals surface area contributed by atoms with Crippen molar-refractivity contribution in [2.24, 2.45) is 5.92 Å². The van der Waals surface area contributed by atoms with Gasteiger partial charge in [-0.1, -0.05) is 56.3 Å². The van der Waals surface area contributed by atoms with Gasteiger partial charge in [-0.15, -0.1) is 0 Å². The summed E-state index contributed by atoms with van der Waals surface area (Å²) < 4.78 is 1.30. The molecule has 2 atom stereocenters. The van der Waals surface area contributed by atoms with Crippen LogP contribution in [0.2, 0.25) is 0 Å². The van der Waals surface area contributed by atoms with Crippen molar-refractivity contribution in [3.05, 3.63) is 69.3 Å². The van der Waals surface area contributed by atoms with Gasteiger partial charge in [0.15, 0.2) is 0 Å². The fourth-order valence-corrected chi connectivity index (χ4v) is 3.08. The summed E-state index contributed by atoms with van der Waals surface area (Å²) in [6.07, 6.45) is 2.27. The maximum absolute atomic E-state index is 3.72. The van der Waals surface area contributed by atoms with Crippen molar-refractivity contribution in [3.8, 4) is 0 Å². The van der Waals surface area contributed by atoms with E-state index in [0.29, 0.717) is 12.0 Å². The molecule has 0 aliphatic carbocycles. The zero-order valence-corrected chi connectivity index (χ0v) is 15.0. The first kappa shape index (κ1) is 16.5. The van der Waals surface area contributed by atoms with Crippen LogP contribution in [0.1, 0.15) is 37.4 Å². The van der Waals surface area contributed by atoms with Crippen LogP contribution in [-0.2, 0) is 6.42 Å². The van der Waals surface area contributed by atoms with E-state index in [-0.39, 0.29) is 0 Å². The minimum Gasteiger partial charge on any atom is -0.310 e. The molecule has 2 unspecified atom stereocenters. The Kier molecular flexibility index (Phi) is 6.71. The summed E-state index contributed by atoms with van der Waals surface area (Å²) in [4.78, 5) is 0. The van der Waals surface area contributed by atoms with Crippen molar-refractivity contribution >= 4 is 22.6 Å². The Labute approximate surface area is 142 Å². The summed E-state index contributed by atoms with van der Waals surface area (Å²) in [5, 5.41) is 3.72. The Bertz CT molecular complexity index is 521. The van der Waals surface area contributed by atoms with E-state index in [4.69, 9.17) is 0 Å². The molecule has 112 valence electrons. The molecular weight excluding hydrogens is 369 g/mol. The Balaban J connectivity index is 2.10. The van der Waals surface area contributed by atoms with Crippen LogP contribution in [-0.4, -0.2) is 6.54 Å². The predicted octanol–water partition coefficient (Wildman–Crippen LogP) is 5.21. The number of nitrogens with one attached hydrogen (secondary N) is 1. The Morgan fingerprint density at radius 3 is 2.29 bits per heavy atom. The summed E-state index contributed by atoms with van der Waals surface area (Å²) in [6, 6.07) is 20.1. The van der Waals surface area contributed by atoms with Gasteiger partial charge in [0.05, 0.1) is 0 Å². The monoisotopic (exact) mass is 393 g/mol. The Morgan fingerprint density at radius 2 is 1.67 bits per heavy atom. The lowest BCUT2D eigenvalue weighted by Gasteiger charge is -2.26. The second kappa shape index (κ2) is 8.54. The van der Waals surface area contributed by atoms with Gasteiger partial charge in [0.2, 0.25) is 0 Å². The molecule has 1 N–H and O–H groups in total. The van der Waals surface area contributed by atoms with Crippen molar-refractivity contribution in [3.63, 3.8) is 0 Å². The number of hydrogen-bond donors (Lipinski definition) is 1. The SMILES string of the molecule is CCCNC(c1ccccc1)C(C)Cc1ccc(I)cc1. The van der Waals surface area contributed by atoms with E-state index in [0.717, 1.165) is 13.0 Å². The van der Waals surface area contributed by atoms with Crippen LogP contribution in [0.15, 0.2) is 54.6 Å². The van der Waals surface area contributed by atoms with E-state index < -0.39 is 0 Å². The van der Waals surface area contributed by atoms with Crippen LogP contribution >= 0.6 is 22.6 Å². The molecule has 0 saturated heterocycles. The van der Waals surface area contributed by atoms with Crippen LogP contribution in [0.3, 0.4) is 0 Å². The van der Waals surface area contributed by atoms with E-state index in [1.165, 1.54) is 21.1 Å². The highest BCUT2D eigenvalue weighted by Crippen LogP contribution is 2.25. The molecule has 0 radical (unpaired) electrons. The standard InChI is InChI=1S/C19H24IN/c1-3-13-21-19(17-7-5-4-6-8-17)15(2)14-16-9-11-18(20)12-10-16/h4-12,15,19,21H,3,13-14H2,1-2H3. The predicted molar refractivity (Wildman–Crippen MR) is 99.5 cm³/mol. The molecule has 0 aliphatic heterocycles. The molecule has 1 nitrogen and oxygen atoms in total. The summed E-state index contributed by atoms with van der Waals surface area (Å²) in [6.45, 7) is 5.63. The third kappa shape index (κ3) is 5.11. The molecule has 2 rings (SSSR count). The minimum atomic E-state index is 0.422. The lowest BCUT2D eigenvalue weighted by atomic mass is 9.89. The molecule has 2 aromatic carbocycles. The minimum absolute atomic E-state index is 0.422. The molecule has 0 aliphatic rings. The molecular formula is C19H24IN. The molecule has 2 heteroatoms. The van der Waals surface area contributed by atoms with Crippen molar-refractivity contribution in [2.75, 3.05) is 6.54 Å². The smallest absolute Gasteiger partial charge is 0.0349 e. The van der Waals surface area contributed by atoms with E-state index in [2.05, 4.69) is 96.4 Å². The summed E-state index contributed by atoms with van der Waals surface area (Å²) in [5.41, 5.74) is 2.81. The quantitative estimate of drug-likeness (QED) is 0.637. The highest BCUT2D eigenvalue weighted by atomic mass is 127. The zero-order chi connectivity index (χ0) is 15.1. The van der Waals surface area contributed by atoms with Crippen molar-refractivity contribution < 1.29 is 0 Å². The van der Waals surface area contributed by atoms with Gasteiger partial charge in [0.25, 0.3) is 0 Å². The highest BCUT2D eigenvalue weighted by molar-refractivity contribution is 14.1. The maximum atomic E-state index is 3.72. The topological polar surface area (TPSA) is 12.0 Å². The second-order valence-electron chi connectivity index (χ2n) is 5.65. The van der Waals surface area contributed by atoms with E-state index in [1.807, 2.05) is 0 Å². The molecule has 0 heterocycles. The largest absolute Gasteiger partial charge is 0.310 e. The molecule has 0 fully saturated rings. The number of halogens is 1. The lowest BCUT2D eigenvalue weighted by molar-refractivity contribution is 0.384. The molecule has 0 spiro atoms. The van der Waals surface area contributed by atoms with Crippen molar-refractivity contribution in [1.82, 2.24) is 5.32 Å². The van der Waals surface area contributed by atoms with Crippen LogP contribution in [0.5, 0.6) is 0 Å². The van der Waals surface area contributed by atoms with Gasteiger partial charge in [0, 0.05) is 9.61 Å². The summed E-state index contributed by atoms with van der Waals surface area (Å²) in [5.74, 6) is 0.569. The number of rotatable bonds is 7. The Morgan fingerprint density at radius 1 is 1.00 bits per heavy atom. The molecule has 0 saturated carbocycles. The number of hydrogen-bond acceptors (Lipinski definition) is 1. The Hall–Kier alpha value is -0.870. The van der Waals surface area contributed by atoms with Crippen LogP contribution in [0.4, 0.5) is 0 Å². The van der Waals surface area contributed by atoms with Crippen LogP contribution < -0.4 is 5.32 Å². The summed E-state index contributed by atoms with van der Waals surface area (Å²) >= 11 is 2.36. The normalized spacial score (nSPS) is 13.9. The van der Waals surface area contributed by atoms with Gasteiger partial charge in [-0.3, -0.25) is 0 Å². The maximum Gasteiger partial charge on any atom is 0.0349 e. The fourth-order valence-electron chi connectivity index (χ4n) is 2.72. The second-order valence-corrected chi connectivity index (χ2v) is 6.90. The summed E-state index contributed by atoms with van der Waals surface area (Å²) in [7, 11) is 0. The average Bonchev–Trinajstić information content (AvgIpc) is 2.51. The first-order valence-electron chi connectivity index (χ1n) is 7.73. The highest BCUT2D eigenvalue weighted by Gasteiger charge is 2.18. The van der Waals surface area contributed by atoms with Gasteiger partial charge < -0.3 is 5.32 Å². The lowest BCUT2D eigenvalue weighted by Crippen LogP contribution is -2.28.